The van der Waals surface area contributed by atoms with Gasteiger partial charge in [-0.2, -0.15) is 0 Å². The van der Waals surface area contributed by atoms with Gasteiger partial charge in [-0.3, -0.25) is 0 Å². The van der Waals surface area contributed by atoms with Crippen LogP contribution < -0.4 is 0 Å². The van der Waals surface area contributed by atoms with Gasteiger partial charge < -0.3 is 4.74 Å². The summed E-state index contributed by atoms with van der Waals surface area (Å²) in [5.74, 6) is 0. The van der Waals surface area contributed by atoms with Crippen molar-refractivity contribution in [2.24, 2.45) is 0 Å². The standard InChI is InChI=1S/C10H12ClNOS/c1-3-7-5-6-8(11)12-9(7)10(14)13-4-2/h5-6H,3-4H2,1-2H3. The number of hydrogen-bond acceptors (Lipinski definition) is 3. The van der Waals surface area contributed by atoms with E-state index in [4.69, 9.17) is 28.6 Å². The molecule has 0 N–H and O–H groups in total. The van der Waals surface area contributed by atoms with Crippen LogP contribution in [0, 0.1) is 0 Å². The van der Waals surface area contributed by atoms with E-state index >= 15 is 0 Å². The summed E-state index contributed by atoms with van der Waals surface area (Å²) in [6.45, 7) is 4.49. The zero-order valence-corrected chi connectivity index (χ0v) is 9.78. The van der Waals surface area contributed by atoms with Gasteiger partial charge >= 0.3 is 0 Å². The summed E-state index contributed by atoms with van der Waals surface area (Å²) in [6, 6.07) is 3.69. The normalized spacial score (nSPS) is 9.93. The van der Waals surface area contributed by atoms with Crippen molar-refractivity contribution in [2.75, 3.05) is 6.61 Å². The Bertz CT molecular complexity index is 341. The molecule has 1 aromatic rings. The van der Waals surface area contributed by atoms with Crippen molar-refractivity contribution >= 4 is 28.9 Å². The number of ether oxygens (including phenoxy) is 1. The SMILES string of the molecule is CCOC(=S)c1nc(Cl)ccc1CC. The molecule has 0 unspecified atom stereocenters. The topological polar surface area (TPSA) is 22.1 Å². The van der Waals surface area contributed by atoms with Crippen LogP contribution in [0.2, 0.25) is 5.15 Å². The van der Waals surface area contributed by atoms with E-state index in [9.17, 15) is 0 Å². The summed E-state index contributed by atoms with van der Waals surface area (Å²) in [5, 5.41) is 0.867. The van der Waals surface area contributed by atoms with Gasteiger partial charge in [0.1, 0.15) is 10.8 Å². The summed E-state index contributed by atoms with van der Waals surface area (Å²) in [6.07, 6.45) is 0.868. The van der Waals surface area contributed by atoms with Crippen LogP contribution in [0.4, 0.5) is 0 Å². The molecule has 4 heteroatoms. The second-order valence-electron chi connectivity index (χ2n) is 2.72. The Morgan fingerprint density at radius 2 is 2.21 bits per heavy atom. The third-order valence-electron chi connectivity index (χ3n) is 1.79. The van der Waals surface area contributed by atoms with E-state index in [1.807, 2.05) is 19.9 Å². The minimum absolute atomic E-state index is 0.423. The van der Waals surface area contributed by atoms with Crippen LogP contribution in [-0.2, 0) is 11.2 Å². The first kappa shape index (κ1) is 11.4. The number of aromatic nitrogens is 1. The molecule has 0 aromatic carbocycles. The van der Waals surface area contributed by atoms with Crippen LogP contribution in [-0.4, -0.2) is 16.6 Å². The summed E-state index contributed by atoms with van der Waals surface area (Å²) >= 11 is 10.9. The van der Waals surface area contributed by atoms with Crippen molar-refractivity contribution in [1.29, 1.82) is 0 Å². The van der Waals surface area contributed by atoms with Crippen LogP contribution in [0.3, 0.4) is 0 Å². The molecule has 0 saturated heterocycles. The second-order valence-corrected chi connectivity index (χ2v) is 3.47. The molecule has 0 aliphatic rings. The van der Waals surface area contributed by atoms with E-state index in [2.05, 4.69) is 4.98 Å². The van der Waals surface area contributed by atoms with Gasteiger partial charge in [0, 0.05) is 0 Å². The van der Waals surface area contributed by atoms with Crippen molar-refractivity contribution < 1.29 is 4.74 Å². The highest BCUT2D eigenvalue weighted by Crippen LogP contribution is 2.14. The molecule has 0 saturated carbocycles. The molecule has 76 valence electrons. The van der Waals surface area contributed by atoms with Gasteiger partial charge in [-0.1, -0.05) is 24.6 Å². The van der Waals surface area contributed by atoms with Gasteiger partial charge in [-0.25, -0.2) is 4.98 Å². The highest BCUT2D eigenvalue weighted by molar-refractivity contribution is 7.80. The first-order chi connectivity index (χ1) is 6.69. The van der Waals surface area contributed by atoms with Gasteiger partial charge in [0.25, 0.3) is 0 Å². The lowest BCUT2D eigenvalue weighted by Crippen LogP contribution is -2.09. The molecule has 14 heavy (non-hydrogen) atoms. The summed E-state index contributed by atoms with van der Waals surface area (Å²) in [7, 11) is 0. The third kappa shape index (κ3) is 2.66. The molecule has 0 fully saturated rings. The van der Waals surface area contributed by atoms with Crippen molar-refractivity contribution in [3.05, 3.63) is 28.5 Å². The number of nitrogens with zero attached hydrogens (tertiary/aromatic N) is 1. The zero-order chi connectivity index (χ0) is 10.6. The third-order valence-corrected chi connectivity index (χ3v) is 2.32. The number of halogens is 1. The Morgan fingerprint density at radius 3 is 2.79 bits per heavy atom. The lowest BCUT2D eigenvalue weighted by molar-refractivity contribution is 0.336. The van der Waals surface area contributed by atoms with E-state index in [1.54, 1.807) is 6.07 Å². The van der Waals surface area contributed by atoms with E-state index in [1.165, 1.54) is 0 Å². The Labute approximate surface area is 94.3 Å². The number of pyridine rings is 1. The Kier molecular flexibility index (Phi) is 4.29. The average molecular weight is 230 g/mol. The minimum Gasteiger partial charge on any atom is -0.482 e. The Morgan fingerprint density at radius 1 is 1.50 bits per heavy atom. The van der Waals surface area contributed by atoms with Crippen LogP contribution in [0.15, 0.2) is 12.1 Å². The fourth-order valence-corrected chi connectivity index (χ4v) is 1.57. The van der Waals surface area contributed by atoms with Crippen molar-refractivity contribution in [2.45, 2.75) is 20.3 Å². The molecular weight excluding hydrogens is 218 g/mol. The molecule has 0 radical (unpaired) electrons. The lowest BCUT2D eigenvalue weighted by Gasteiger charge is -2.08. The van der Waals surface area contributed by atoms with E-state index in [0.717, 1.165) is 12.0 Å². The highest BCUT2D eigenvalue weighted by Gasteiger charge is 2.09. The summed E-state index contributed by atoms with van der Waals surface area (Å²) < 4.78 is 5.24. The average Bonchev–Trinajstić information content (AvgIpc) is 2.18. The fourth-order valence-electron chi connectivity index (χ4n) is 1.13. The largest absolute Gasteiger partial charge is 0.482 e. The van der Waals surface area contributed by atoms with Crippen LogP contribution in [0.5, 0.6) is 0 Å². The number of hydrogen-bond donors (Lipinski definition) is 0. The predicted octanol–water partition coefficient (Wildman–Crippen LogP) is 3.01. The van der Waals surface area contributed by atoms with E-state index < -0.39 is 0 Å². The maximum atomic E-state index is 5.79. The first-order valence-electron chi connectivity index (χ1n) is 4.51. The van der Waals surface area contributed by atoms with E-state index in [-0.39, 0.29) is 0 Å². The van der Waals surface area contributed by atoms with Gasteiger partial charge in [-0.05, 0) is 37.2 Å². The number of aryl methyl sites for hydroxylation is 1. The van der Waals surface area contributed by atoms with Gasteiger partial charge in [-0.15, -0.1) is 0 Å². The molecule has 1 rings (SSSR count). The smallest absolute Gasteiger partial charge is 0.210 e. The quantitative estimate of drug-likeness (QED) is 0.588. The maximum Gasteiger partial charge on any atom is 0.210 e. The van der Waals surface area contributed by atoms with Crippen LogP contribution >= 0.6 is 23.8 Å². The molecule has 1 heterocycles. The van der Waals surface area contributed by atoms with Crippen LogP contribution in [0.25, 0.3) is 0 Å². The predicted molar refractivity (Wildman–Crippen MR) is 62.0 cm³/mol. The minimum atomic E-state index is 0.423. The molecule has 0 atom stereocenters. The number of thiocarbonyl (C=S) groups is 1. The zero-order valence-electron chi connectivity index (χ0n) is 8.21. The van der Waals surface area contributed by atoms with E-state index in [0.29, 0.717) is 22.5 Å². The monoisotopic (exact) mass is 229 g/mol. The highest BCUT2D eigenvalue weighted by atomic mass is 35.5. The molecule has 0 bridgehead atoms. The van der Waals surface area contributed by atoms with Gasteiger partial charge in [0.2, 0.25) is 5.05 Å². The van der Waals surface area contributed by atoms with Crippen molar-refractivity contribution in [1.82, 2.24) is 4.98 Å². The molecule has 0 aliphatic heterocycles. The number of rotatable bonds is 3. The fraction of sp³-hybridized carbons (Fsp3) is 0.400. The summed E-state index contributed by atoms with van der Waals surface area (Å²) in [4.78, 5) is 4.16. The van der Waals surface area contributed by atoms with Gasteiger partial charge in [0.05, 0.1) is 6.61 Å². The molecular formula is C10H12ClNOS. The second kappa shape index (κ2) is 5.27. The Hall–Kier alpha value is -0.670. The van der Waals surface area contributed by atoms with Crippen molar-refractivity contribution in [3.8, 4) is 0 Å². The van der Waals surface area contributed by atoms with Gasteiger partial charge in [0.15, 0.2) is 0 Å². The van der Waals surface area contributed by atoms with Crippen molar-refractivity contribution in [3.63, 3.8) is 0 Å². The maximum absolute atomic E-state index is 5.79. The molecule has 0 aliphatic carbocycles. The molecule has 0 spiro atoms. The summed E-state index contributed by atoms with van der Waals surface area (Å²) in [5.41, 5.74) is 1.75. The molecule has 2 nitrogen and oxygen atoms in total. The first-order valence-corrected chi connectivity index (χ1v) is 5.30. The molecule has 1 aromatic heterocycles. The van der Waals surface area contributed by atoms with Crippen LogP contribution in [0.1, 0.15) is 25.1 Å². The lowest BCUT2D eigenvalue weighted by atomic mass is 10.1. The molecule has 0 amide bonds. The Balaban J connectivity index is 3.03.